The number of hydrogen-bond donors (Lipinski definition) is 2. The van der Waals surface area contributed by atoms with Crippen LogP contribution in [0.5, 0.6) is 0 Å². The summed E-state index contributed by atoms with van der Waals surface area (Å²) in [6.45, 7) is 13.8. The Hall–Kier alpha value is -2.77. The van der Waals surface area contributed by atoms with E-state index in [-0.39, 0.29) is 30.6 Å². The molecule has 0 radical (unpaired) electrons. The zero-order chi connectivity index (χ0) is 27.3. The van der Waals surface area contributed by atoms with Crippen molar-refractivity contribution in [3.05, 3.63) is 63.6 Å². The fourth-order valence-electron chi connectivity index (χ4n) is 4.82. The van der Waals surface area contributed by atoms with E-state index in [0.29, 0.717) is 21.6 Å². The van der Waals surface area contributed by atoms with Gasteiger partial charge in [-0.15, -0.1) is 0 Å². The molecule has 1 aliphatic carbocycles. The van der Waals surface area contributed by atoms with Crippen molar-refractivity contribution in [2.75, 3.05) is 18.5 Å². The number of anilines is 1. The van der Waals surface area contributed by atoms with Crippen LogP contribution in [0.1, 0.15) is 57.6 Å². The van der Waals surface area contributed by atoms with E-state index in [1.165, 1.54) is 6.08 Å². The predicted octanol–water partition coefficient (Wildman–Crippen LogP) is 6.01. The van der Waals surface area contributed by atoms with Crippen LogP contribution in [0.2, 0.25) is 10.0 Å². The number of benzene rings is 1. The van der Waals surface area contributed by atoms with Crippen LogP contribution in [0.15, 0.2) is 47.4 Å². The predicted molar refractivity (Wildman–Crippen MR) is 154 cm³/mol. The lowest BCUT2D eigenvalue weighted by molar-refractivity contribution is -0.117. The van der Waals surface area contributed by atoms with Gasteiger partial charge in [-0.1, -0.05) is 69.1 Å². The van der Waals surface area contributed by atoms with E-state index in [9.17, 15) is 9.59 Å². The van der Waals surface area contributed by atoms with Gasteiger partial charge in [-0.25, -0.2) is 9.79 Å². The van der Waals surface area contributed by atoms with Crippen molar-refractivity contribution in [2.45, 2.75) is 71.4 Å². The third-order valence-electron chi connectivity index (χ3n) is 7.18. The van der Waals surface area contributed by atoms with Crippen LogP contribution in [0, 0.1) is 0 Å². The Kier molecular flexibility index (Phi) is 9.85. The minimum atomic E-state index is -0.200. The maximum Gasteiger partial charge on any atom is 0.328 e. The maximum atomic E-state index is 13.3. The van der Waals surface area contributed by atoms with E-state index in [1.807, 2.05) is 26.8 Å². The van der Waals surface area contributed by atoms with Crippen LogP contribution in [0.25, 0.3) is 0 Å². The number of amides is 3. The van der Waals surface area contributed by atoms with Gasteiger partial charge in [0, 0.05) is 36.6 Å². The number of aliphatic imine (C=N–C) groups is 1. The zero-order valence-electron chi connectivity index (χ0n) is 22.2. The molecule has 1 aromatic rings. The molecule has 2 atom stereocenters. The van der Waals surface area contributed by atoms with Gasteiger partial charge in [-0.05, 0) is 49.8 Å². The molecule has 1 saturated carbocycles. The minimum Gasteiger partial charge on any atom is -0.366 e. The molecular weight excluding hydrogens is 509 g/mol. The van der Waals surface area contributed by atoms with Crippen LogP contribution in [-0.2, 0) is 17.6 Å². The highest BCUT2D eigenvalue weighted by atomic mass is 35.5. The second-order valence-electron chi connectivity index (χ2n) is 9.48. The Morgan fingerprint density at radius 3 is 2.24 bits per heavy atom. The van der Waals surface area contributed by atoms with Crippen LogP contribution in [-0.4, -0.2) is 48.7 Å². The lowest BCUT2D eigenvalue weighted by Crippen LogP contribution is -2.50. The summed E-state index contributed by atoms with van der Waals surface area (Å²) in [5.74, 6) is 0.313. The second kappa shape index (κ2) is 12.7. The number of carbonyl (C=O) groups excluding carboxylic acids is 2. The molecule has 0 saturated heterocycles. The summed E-state index contributed by atoms with van der Waals surface area (Å²) >= 11 is 13.5. The molecule has 37 heavy (non-hydrogen) atoms. The van der Waals surface area contributed by atoms with Gasteiger partial charge in [-0.3, -0.25) is 9.69 Å². The van der Waals surface area contributed by atoms with Crippen LogP contribution >= 0.6 is 23.2 Å². The van der Waals surface area contributed by atoms with Crippen molar-refractivity contribution in [1.82, 2.24) is 15.5 Å². The largest absolute Gasteiger partial charge is 0.366 e. The van der Waals surface area contributed by atoms with E-state index >= 15 is 0 Å². The number of nitrogens with zero attached hydrogens (tertiary/aromatic N) is 3. The topological polar surface area (TPSA) is 77.0 Å². The van der Waals surface area contributed by atoms with Gasteiger partial charge >= 0.3 is 6.03 Å². The average molecular weight is 547 g/mol. The van der Waals surface area contributed by atoms with Crippen molar-refractivity contribution in [2.24, 2.45) is 4.99 Å². The number of halogens is 2. The van der Waals surface area contributed by atoms with E-state index in [2.05, 4.69) is 28.8 Å². The monoisotopic (exact) mass is 545 g/mol. The zero-order valence-corrected chi connectivity index (χ0v) is 23.7. The van der Waals surface area contributed by atoms with Gasteiger partial charge in [-0.2, -0.15) is 0 Å². The molecule has 9 heteroatoms. The first kappa shape index (κ1) is 28.8. The van der Waals surface area contributed by atoms with Gasteiger partial charge in [0.05, 0.1) is 22.3 Å². The number of aryl methyl sites for hydroxylation is 2. The Bertz CT molecular complexity index is 1120. The van der Waals surface area contributed by atoms with Crippen molar-refractivity contribution < 1.29 is 9.59 Å². The van der Waals surface area contributed by atoms with Gasteiger partial charge in [0.1, 0.15) is 5.82 Å². The summed E-state index contributed by atoms with van der Waals surface area (Å²) in [6.07, 6.45) is 8.41. The smallest absolute Gasteiger partial charge is 0.328 e. The molecule has 2 N–H and O–H groups in total. The van der Waals surface area contributed by atoms with Gasteiger partial charge < -0.3 is 15.5 Å². The van der Waals surface area contributed by atoms with Crippen LogP contribution in [0.4, 0.5) is 10.5 Å². The Labute approximate surface area is 230 Å². The number of rotatable bonds is 9. The van der Waals surface area contributed by atoms with Crippen LogP contribution in [0.3, 0.4) is 0 Å². The molecule has 1 heterocycles. The molecule has 3 amide bonds. The first-order chi connectivity index (χ1) is 17.6. The molecule has 2 unspecified atom stereocenters. The molecule has 1 fully saturated rings. The number of nitrogens with one attached hydrogen (secondary N) is 2. The Balaban J connectivity index is 1.84. The molecule has 7 nitrogen and oxygen atoms in total. The van der Waals surface area contributed by atoms with Crippen molar-refractivity contribution in [1.29, 1.82) is 0 Å². The summed E-state index contributed by atoms with van der Waals surface area (Å²) in [5.41, 5.74) is 4.09. The van der Waals surface area contributed by atoms with Crippen molar-refractivity contribution in [3.8, 4) is 0 Å². The third-order valence-corrected chi connectivity index (χ3v) is 8.02. The number of urea groups is 1. The summed E-state index contributed by atoms with van der Waals surface area (Å²) in [4.78, 5) is 32.9. The average Bonchev–Trinajstić information content (AvgIpc) is 2.89. The first-order valence-electron chi connectivity index (χ1n) is 12.8. The second-order valence-corrected chi connectivity index (χ2v) is 10.2. The third kappa shape index (κ3) is 6.39. The molecule has 0 spiro atoms. The molecule has 3 rings (SSSR count). The van der Waals surface area contributed by atoms with E-state index in [4.69, 9.17) is 23.2 Å². The highest BCUT2D eigenvalue weighted by molar-refractivity contribution is 6.41. The Morgan fingerprint density at radius 2 is 1.70 bits per heavy atom. The van der Waals surface area contributed by atoms with Gasteiger partial charge in [0.15, 0.2) is 0 Å². The summed E-state index contributed by atoms with van der Waals surface area (Å²) < 4.78 is 0. The highest BCUT2D eigenvalue weighted by Crippen LogP contribution is 2.41. The number of carbonyl (C=O) groups is 2. The molecule has 1 aromatic carbocycles. The molecular formula is C28H37Cl2N5O2. The minimum absolute atomic E-state index is 0.0102. The molecule has 200 valence electrons. The maximum absolute atomic E-state index is 13.3. The Morgan fingerprint density at radius 1 is 1.14 bits per heavy atom. The molecule has 2 aliphatic rings. The summed E-state index contributed by atoms with van der Waals surface area (Å²) in [7, 11) is 1.73. The number of hydrogen-bond acceptors (Lipinski definition) is 4. The fourth-order valence-corrected chi connectivity index (χ4v) is 5.63. The highest BCUT2D eigenvalue weighted by Gasteiger charge is 2.32. The van der Waals surface area contributed by atoms with Gasteiger partial charge in [0.25, 0.3) is 0 Å². The van der Waals surface area contributed by atoms with Crippen LogP contribution < -0.4 is 15.5 Å². The summed E-state index contributed by atoms with van der Waals surface area (Å²) in [6, 6.07) is 1.84. The standard InChI is InChI=1S/C28H37Cl2N5O2/c1-7-19-14-20(8-2)26(30)27(25(19)29)35-16-21(17(4)34(6)28(35)37)15-31-18(5)32-22-12-10-11-13-23(22)33-24(36)9-3/h9,14-15,22-23,32H,3,5,7-8,10-13,16H2,1-2,4,6H3,(H,33,36)/b31-15-. The van der Waals surface area contributed by atoms with Gasteiger partial charge in [0.2, 0.25) is 5.91 Å². The fraction of sp³-hybridized carbons (Fsp3) is 0.464. The quantitative estimate of drug-likeness (QED) is 0.294. The van der Waals surface area contributed by atoms with E-state index in [0.717, 1.165) is 60.9 Å². The first-order valence-corrected chi connectivity index (χ1v) is 13.6. The van der Waals surface area contributed by atoms with Crippen molar-refractivity contribution >= 4 is 47.0 Å². The SMILES string of the molecule is C=CC(=O)NC1CCCCC1NC(=C)/N=C\C1=C(C)N(C)C(=O)N(c2c(Cl)c(CC)cc(CC)c2Cl)C1. The molecule has 0 aromatic heterocycles. The number of allylic oxidation sites excluding steroid dienone is 1. The molecule has 0 bridgehead atoms. The summed E-state index contributed by atoms with van der Waals surface area (Å²) in [5, 5.41) is 7.36. The lowest BCUT2D eigenvalue weighted by Gasteiger charge is -2.36. The normalized spacial score (nSPS) is 20.4. The van der Waals surface area contributed by atoms with E-state index in [1.54, 1.807) is 23.1 Å². The van der Waals surface area contributed by atoms with Crippen molar-refractivity contribution in [3.63, 3.8) is 0 Å². The van der Waals surface area contributed by atoms with E-state index < -0.39 is 0 Å². The lowest BCUT2D eigenvalue weighted by atomic mass is 9.90. The molecule has 1 aliphatic heterocycles.